The van der Waals surface area contributed by atoms with E-state index in [9.17, 15) is 9.59 Å². The van der Waals surface area contributed by atoms with E-state index in [0.717, 1.165) is 11.8 Å². The highest BCUT2D eigenvalue weighted by atomic mass is 16.2. The Balaban J connectivity index is 3.12. The number of carbonyl (C=O) groups is 2. The monoisotopic (exact) mass is 205 g/mol. The fraction of sp³-hybridized carbons (Fsp3) is 0.333. The number of hydrogen-bond acceptors (Lipinski definition) is 2. The summed E-state index contributed by atoms with van der Waals surface area (Å²) in [5.41, 5.74) is 0.0917. The van der Waals surface area contributed by atoms with Gasteiger partial charge in [-0.1, -0.05) is 30.3 Å². The summed E-state index contributed by atoms with van der Waals surface area (Å²) in [4.78, 5) is 22.4. The Morgan fingerprint density at radius 2 is 2.00 bits per heavy atom. The number of rotatable bonds is 4. The van der Waals surface area contributed by atoms with Crippen LogP contribution in [0.15, 0.2) is 30.3 Å². The zero-order chi connectivity index (χ0) is 11.3. The topological polar surface area (TPSA) is 46.2 Å². The molecule has 0 aliphatic carbocycles. The van der Waals surface area contributed by atoms with Crippen LogP contribution < -0.4 is 5.32 Å². The molecular formula is C12H15NO2. The van der Waals surface area contributed by atoms with Crippen LogP contribution in [-0.2, 0) is 15.0 Å². The zero-order valence-corrected chi connectivity index (χ0v) is 8.99. The van der Waals surface area contributed by atoms with Gasteiger partial charge in [0.15, 0.2) is 0 Å². The fourth-order valence-corrected chi connectivity index (χ4v) is 1.59. The Labute approximate surface area is 89.5 Å². The molecule has 1 aromatic rings. The van der Waals surface area contributed by atoms with Gasteiger partial charge in [0.05, 0.1) is 5.41 Å². The number of amides is 1. The molecule has 80 valence electrons. The second kappa shape index (κ2) is 4.73. The minimum atomic E-state index is -0.766. The van der Waals surface area contributed by atoms with Crippen molar-refractivity contribution in [1.82, 2.24) is 5.32 Å². The first-order valence-electron chi connectivity index (χ1n) is 4.86. The molecule has 15 heavy (non-hydrogen) atoms. The van der Waals surface area contributed by atoms with Gasteiger partial charge in [-0.05, 0) is 12.5 Å². The zero-order valence-electron chi connectivity index (χ0n) is 8.99. The number of hydrogen-bond donors (Lipinski definition) is 1. The summed E-state index contributed by atoms with van der Waals surface area (Å²) in [5, 5.41) is 2.59. The van der Waals surface area contributed by atoms with Crippen molar-refractivity contribution in [2.75, 3.05) is 7.05 Å². The lowest BCUT2D eigenvalue weighted by atomic mass is 9.79. The molecule has 0 aromatic heterocycles. The van der Waals surface area contributed by atoms with Crippen LogP contribution in [0.2, 0.25) is 0 Å². The smallest absolute Gasteiger partial charge is 0.230 e. The molecule has 1 atom stereocenters. The van der Waals surface area contributed by atoms with Gasteiger partial charge in [0.25, 0.3) is 0 Å². The van der Waals surface area contributed by atoms with E-state index in [0.29, 0.717) is 0 Å². The Morgan fingerprint density at radius 3 is 2.47 bits per heavy atom. The van der Waals surface area contributed by atoms with Crippen LogP contribution >= 0.6 is 0 Å². The summed E-state index contributed by atoms with van der Waals surface area (Å²) in [7, 11) is 1.58. The standard InChI is InChI=1S/C12H15NO2/c1-12(8-9-14,11(15)13-2)10-6-4-3-5-7-10/h3-7,9H,8H2,1-2H3,(H,13,15). The third kappa shape index (κ3) is 2.24. The van der Waals surface area contributed by atoms with E-state index in [-0.39, 0.29) is 12.3 Å². The van der Waals surface area contributed by atoms with E-state index in [2.05, 4.69) is 5.32 Å². The number of nitrogens with one attached hydrogen (secondary N) is 1. The lowest BCUT2D eigenvalue weighted by Crippen LogP contribution is -2.40. The van der Waals surface area contributed by atoms with Crippen molar-refractivity contribution in [3.63, 3.8) is 0 Å². The minimum absolute atomic E-state index is 0.138. The SMILES string of the molecule is CNC(=O)C(C)(CC=O)c1ccccc1. The average Bonchev–Trinajstić information content (AvgIpc) is 2.29. The van der Waals surface area contributed by atoms with E-state index < -0.39 is 5.41 Å². The number of aldehydes is 1. The maximum absolute atomic E-state index is 11.8. The Bertz CT molecular complexity index is 348. The molecule has 0 aliphatic heterocycles. The Morgan fingerprint density at radius 1 is 1.40 bits per heavy atom. The fourth-order valence-electron chi connectivity index (χ4n) is 1.59. The Kier molecular flexibility index (Phi) is 3.61. The van der Waals surface area contributed by atoms with Crippen LogP contribution in [0.1, 0.15) is 18.9 Å². The summed E-state index contributed by atoms with van der Waals surface area (Å²) < 4.78 is 0. The molecule has 1 rings (SSSR count). The van der Waals surface area contributed by atoms with Crippen molar-refractivity contribution >= 4 is 12.2 Å². The third-order valence-electron chi connectivity index (χ3n) is 2.63. The quantitative estimate of drug-likeness (QED) is 0.753. The predicted molar refractivity (Wildman–Crippen MR) is 58.5 cm³/mol. The average molecular weight is 205 g/mol. The molecule has 0 aliphatic rings. The van der Waals surface area contributed by atoms with E-state index in [1.807, 2.05) is 30.3 Å². The first-order valence-corrected chi connectivity index (χ1v) is 4.86. The van der Waals surface area contributed by atoms with Crippen molar-refractivity contribution in [2.24, 2.45) is 0 Å². The molecular weight excluding hydrogens is 190 g/mol. The summed E-state index contributed by atoms with van der Waals surface area (Å²) in [5.74, 6) is -0.138. The van der Waals surface area contributed by atoms with Crippen LogP contribution in [0.5, 0.6) is 0 Å². The van der Waals surface area contributed by atoms with Gasteiger partial charge in [0.2, 0.25) is 5.91 Å². The lowest BCUT2D eigenvalue weighted by molar-refractivity contribution is -0.127. The summed E-state index contributed by atoms with van der Waals surface area (Å²) in [6.45, 7) is 1.77. The van der Waals surface area contributed by atoms with Crippen LogP contribution in [0.4, 0.5) is 0 Å². The number of likely N-dealkylation sites (N-methyl/N-ethyl adjacent to an activating group) is 1. The van der Waals surface area contributed by atoms with Crippen molar-refractivity contribution in [1.29, 1.82) is 0 Å². The first kappa shape index (κ1) is 11.4. The van der Waals surface area contributed by atoms with E-state index in [1.165, 1.54) is 0 Å². The molecule has 0 bridgehead atoms. The Hall–Kier alpha value is -1.64. The molecule has 0 heterocycles. The van der Waals surface area contributed by atoms with Crippen molar-refractivity contribution in [3.8, 4) is 0 Å². The van der Waals surface area contributed by atoms with E-state index in [1.54, 1.807) is 14.0 Å². The minimum Gasteiger partial charge on any atom is -0.358 e. The second-order valence-corrected chi connectivity index (χ2v) is 3.65. The maximum atomic E-state index is 11.8. The van der Waals surface area contributed by atoms with Crippen LogP contribution in [0, 0.1) is 0 Å². The van der Waals surface area contributed by atoms with Gasteiger partial charge in [-0.15, -0.1) is 0 Å². The van der Waals surface area contributed by atoms with Gasteiger partial charge in [0, 0.05) is 13.5 Å². The van der Waals surface area contributed by atoms with Crippen molar-refractivity contribution < 1.29 is 9.59 Å². The molecule has 1 unspecified atom stereocenters. The molecule has 1 aromatic carbocycles. The molecule has 0 saturated heterocycles. The third-order valence-corrected chi connectivity index (χ3v) is 2.63. The van der Waals surface area contributed by atoms with Crippen molar-refractivity contribution in [2.45, 2.75) is 18.8 Å². The number of benzene rings is 1. The molecule has 1 amide bonds. The van der Waals surface area contributed by atoms with E-state index in [4.69, 9.17) is 0 Å². The molecule has 0 radical (unpaired) electrons. The lowest BCUT2D eigenvalue weighted by Gasteiger charge is -2.25. The van der Waals surface area contributed by atoms with Gasteiger partial charge >= 0.3 is 0 Å². The molecule has 0 saturated carbocycles. The molecule has 3 heteroatoms. The second-order valence-electron chi connectivity index (χ2n) is 3.65. The van der Waals surface area contributed by atoms with Gasteiger partial charge in [-0.3, -0.25) is 4.79 Å². The van der Waals surface area contributed by atoms with Gasteiger partial charge < -0.3 is 10.1 Å². The maximum Gasteiger partial charge on any atom is 0.230 e. The first-order chi connectivity index (χ1) is 7.15. The highest BCUT2D eigenvalue weighted by molar-refractivity contribution is 5.89. The summed E-state index contributed by atoms with van der Waals surface area (Å²) in [6, 6.07) is 9.33. The molecule has 0 spiro atoms. The van der Waals surface area contributed by atoms with Crippen LogP contribution in [-0.4, -0.2) is 19.2 Å². The summed E-state index contributed by atoms with van der Waals surface area (Å²) >= 11 is 0. The van der Waals surface area contributed by atoms with Gasteiger partial charge in [-0.25, -0.2) is 0 Å². The van der Waals surface area contributed by atoms with Crippen molar-refractivity contribution in [3.05, 3.63) is 35.9 Å². The predicted octanol–water partition coefficient (Wildman–Crippen LogP) is 1.28. The normalized spacial score (nSPS) is 14.0. The van der Waals surface area contributed by atoms with Gasteiger partial charge in [-0.2, -0.15) is 0 Å². The van der Waals surface area contributed by atoms with E-state index >= 15 is 0 Å². The largest absolute Gasteiger partial charge is 0.358 e. The highest BCUT2D eigenvalue weighted by Gasteiger charge is 2.33. The molecule has 1 N–H and O–H groups in total. The van der Waals surface area contributed by atoms with Gasteiger partial charge in [0.1, 0.15) is 6.29 Å². The number of carbonyl (C=O) groups excluding carboxylic acids is 2. The highest BCUT2D eigenvalue weighted by Crippen LogP contribution is 2.26. The van der Waals surface area contributed by atoms with Crippen LogP contribution in [0.3, 0.4) is 0 Å². The molecule has 3 nitrogen and oxygen atoms in total. The van der Waals surface area contributed by atoms with Crippen LogP contribution in [0.25, 0.3) is 0 Å². The summed E-state index contributed by atoms with van der Waals surface area (Å²) in [6.07, 6.45) is 0.971. The molecule has 0 fully saturated rings.